The van der Waals surface area contributed by atoms with Crippen molar-refractivity contribution in [3.8, 4) is 0 Å². The standard InChI is InChI=1S/C6H2Cl2F3NO2S/c7-5-4(6(10)11)2(15(8,13)14)1-3(9)12-5/h1,6H. The number of aromatic nitrogens is 1. The van der Waals surface area contributed by atoms with Crippen molar-refractivity contribution in [3.05, 3.63) is 22.7 Å². The second-order valence-electron chi connectivity index (χ2n) is 2.39. The molecule has 0 aliphatic carbocycles. The van der Waals surface area contributed by atoms with Crippen LogP contribution in [0.25, 0.3) is 0 Å². The lowest BCUT2D eigenvalue weighted by Crippen LogP contribution is -2.03. The molecule has 0 fully saturated rings. The van der Waals surface area contributed by atoms with E-state index in [1.807, 2.05) is 0 Å². The summed E-state index contributed by atoms with van der Waals surface area (Å²) in [4.78, 5) is 1.79. The summed E-state index contributed by atoms with van der Waals surface area (Å²) in [5, 5.41) is -0.927. The van der Waals surface area contributed by atoms with Gasteiger partial charge < -0.3 is 0 Å². The molecule has 0 aromatic carbocycles. The Morgan fingerprint density at radius 2 is 1.93 bits per heavy atom. The molecule has 0 saturated heterocycles. The Labute approximate surface area is 92.2 Å². The van der Waals surface area contributed by atoms with Gasteiger partial charge in [-0.1, -0.05) is 11.6 Å². The summed E-state index contributed by atoms with van der Waals surface area (Å²) in [5.41, 5.74) is -1.10. The van der Waals surface area contributed by atoms with Crippen LogP contribution in [0.1, 0.15) is 12.0 Å². The van der Waals surface area contributed by atoms with Gasteiger partial charge in [-0.2, -0.15) is 4.39 Å². The van der Waals surface area contributed by atoms with Gasteiger partial charge >= 0.3 is 0 Å². The molecule has 0 bridgehead atoms. The molecule has 0 aliphatic rings. The predicted octanol–water partition coefficient (Wildman–Crippen LogP) is 2.74. The molecular formula is C6H2Cl2F3NO2S. The number of nitrogens with zero attached hydrogens (tertiary/aromatic N) is 1. The van der Waals surface area contributed by atoms with Crippen LogP contribution >= 0.6 is 22.3 Å². The molecule has 0 amide bonds. The number of hydrogen-bond acceptors (Lipinski definition) is 3. The number of alkyl halides is 2. The Bertz CT molecular complexity index is 491. The first-order valence-electron chi connectivity index (χ1n) is 3.32. The SMILES string of the molecule is O=S(=O)(Cl)c1cc(F)nc(Cl)c1C(F)F. The quantitative estimate of drug-likeness (QED) is 0.618. The molecule has 0 aliphatic heterocycles. The van der Waals surface area contributed by atoms with Crippen LogP contribution in [0.15, 0.2) is 11.0 Å². The highest BCUT2D eigenvalue weighted by molar-refractivity contribution is 8.13. The zero-order valence-electron chi connectivity index (χ0n) is 6.72. The van der Waals surface area contributed by atoms with Gasteiger partial charge in [0.05, 0.1) is 10.5 Å². The molecule has 9 heteroatoms. The van der Waals surface area contributed by atoms with Crippen molar-refractivity contribution in [2.75, 3.05) is 0 Å². The molecule has 3 nitrogen and oxygen atoms in total. The van der Waals surface area contributed by atoms with Crippen molar-refractivity contribution in [3.63, 3.8) is 0 Å². The van der Waals surface area contributed by atoms with Crippen molar-refractivity contribution < 1.29 is 21.6 Å². The average molecular weight is 280 g/mol. The van der Waals surface area contributed by atoms with Crippen molar-refractivity contribution in [2.45, 2.75) is 11.3 Å². The van der Waals surface area contributed by atoms with Gasteiger partial charge in [-0.05, 0) is 0 Å². The second kappa shape index (κ2) is 4.15. The van der Waals surface area contributed by atoms with Crippen LogP contribution in [0.4, 0.5) is 13.2 Å². The monoisotopic (exact) mass is 279 g/mol. The van der Waals surface area contributed by atoms with Crippen molar-refractivity contribution >= 4 is 31.3 Å². The minimum Gasteiger partial charge on any atom is -0.207 e. The molecule has 1 aromatic rings. The Morgan fingerprint density at radius 1 is 1.40 bits per heavy atom. The fourth-order valence-corrected chi connectivity index (χ4v) is 2.26. The van der Waals surface area contributed by atoms with E-state index >= 15 is 0 Å². The smallest absolute Gasteiger partial charge is 0.207 e. The maximum absolute atomic E-state index is 12.6. The lowest BCUT2D eigenvalue weighted by Gasteiger charge is -2.06. The lowest BCUT2D eigenvalue weighted by atomic mass is 10.3. The van der Waals surface area contributed by atoms with Crippen LogP contribution in [-0.2, 0) is 9.05 Å². The molecular weight excluding hydrogens is 278 g/mol. The molecule has 0 unspecified atom stereocenters. The first-order valence-corrected chi connectivity index (χ1v) is 6.01. The van der Waals surface area contributed by atoms with Crippen LogP contribution in [0.2, 0.25) is 5.15 Å². The molecule has 0 saturated carbocycles. The second-order valence-corrected chi connectivity index (χ2v) is 5.28. The van der Waals surface area contributed by atoms with Gasteiger partial charge in [0.15, 0.2) is 0 Å². The summed E-state index contributed by atoms with van der Waals surface area (Å²) in [6.45, 7) is 0. The van der Waals surface area contributed by atoms with Crippen LogP contribution in [0, 0.1) is 5.95 Å². The van der Waals surface area contributed by atoms with E-state index < -0.39 is 37.0 Å². The van der Waals surface area contributed by atoms with Crippen LogP contribution in [0.5, 0.6) is 0 Å². The zero-order chi connectivity index (χ0) is 11.8. The summed E-state index contributed by atoms with van der Waals surface area (Å²) >= 11 is 5.18. The highest BCUT2D eigenvalue weighted by atomic mass is 35.7. The highest BCUT2D eigenvalue weighted by Crippen LogP contribution is 2.33. The fraction of sp³-hybridized carbons (Fsp3) is 0.167. The van der Waals surface area contributed by atoms with Crippen molar-refractivity contribution in [1.29, 1.82) is 0 Å². The van der Waals surface area contributed by atoms with E-state index in [-0.39, 0.29) is 6.07 Å². The van der Waals surface area contributed by atoms with Gasteiger partial charge in [0.25, 0.3) is 15.5 Å². The third kappa shape index (κ3) is 2.73. The maximum Gasteiger partial charge on any atom is 0.268 e. The summed E-state index contributed by atoms with van der Waals surface area (Å²) < 4.78 is 59.1. The van der Waals surface area contributed by atoms with E-state index in [1.165, 1.54) is 0 Å². The molecule has 0 N–H and O–H groups in total. The zero-order valence-corrected chi connectivity index (χ0v) is 9.04. The average Bonchev–Trinajstić information content (AvgIpc) is 1.99. The number of halogens is 5. The molecule has 84 valence electrons. The lowest BCUT2D eigenvalue weighted by molar-refractivity contribution is 0.147. The highest BCUT2D eigenvalue weighted by Gasteiger charge is 2.26. The minimum atomic E-state index is -4.50. The first kappa shape index (κ1) is 12.5. The largest absolute Gasteiger partial charge is 0.268 e. The molecule has 0 spiro atoms. The number of rotatable bonds is 2. The molecule has 1 aromatic heterocycles. The van der Waals surface area contributed by atoms with Crippen molar-refractivity contribution in [1.82, 2.24) is 4.98 Å². The van der Waals surface area contributed by atoms with Gasteiger partial charge in [0, 0.05) is 16.7 Å². The van der Waals surface area contributed by atoms with Crippen LogP contribution in [0.3, 0.4) is 0 Å². The molecule has 1 heterocycles. The maximum atomic E-state index is 12.6. The van der Waals surface area contributed by atoms with Crippen LogP contribution in [-0.4, -0.2) is 13.4 Å². The molecule has 0 atom stereocenters. The van der Waals surface area contributed by atoms with E-state index in [1.54, 1.807) is 0 Å². The summed E-state index contributed by atoms with van der Waals surface area (Å²) in [6.07, 6.45) is -3.21. The summed E-state index contributed by atoms with van der Waals surface area (Å²) in [6, 6.07) is 0.287. The Balaban J connectivity index is 3.62. The van der Waals surface area contributed by atoms with Gasteiger partial charge in [-0.25, -0.2) is 22.2 Å². The summed E-state index contributed by atoms with van der Waals surface area (Å²) in [5.74, 6) is -1.30. The Kier molecular flexibility index (Phi) is 3.47. The van der Waals surface area contributed by atoms with E-state index in [4.69, 9.17) is 22.3 Å². The normalized spacial score (nSPS) is 12.1. The Morgan fingerprint density at radius 3 is 2.33 bits per heavy atom. The van der Waals surface area contributed by atoms with E-state index in [2.05, 4.69) is 4.98 Å². The molecule has 0 radical (unpaired) electrons. The van der Waals surface area contributed by atoms with Gasteiger partial charge in [0.1, 0.15) is 5.15 Å². The number of pyridine rings is 1. The topological polar surface area (TPSA) is 47.0 Å². The summed E-state index contributed by atoms with van der Waals surface area (Å²) in [7, 11) is 0.342. The predicted molar refractivity (Wildman–Crippen MR) is 47.2 cm³/mol. The van der Waals surface area contributed by atoms with Crippen molar-refractivity contribution in [2.24, 2.45) is 0 Å². The van der Waals surface area contributed by atoms with E-state index in [9.17, 15) is 21.6 Å². The Hall–Kier alpha value is -0.530. The fourth-order valence-electron chi connectivity index (χ4n) is 0.873. The molecule has 15 heavy (non-hydrogen) atoms. The molecule has 1 rings (SSSR count). The van der Waals surface area contributed by atoms with E-state index in [0.717, 1.165) is 0 Å². The van der Waals surface area contributed by atoms with Crippen LogP contribution < -0.4 is 0 Å². The minimum absolute atomic E-state index is 0.287. The van der Waals surface area contributed by atoms with Gasteiger partial charge in [-0.3, -0.25) is 0 Å². The number of hydrogen-bond donors (Lipinski definition) is 0. The van der Waals surface area contributed by atoms with Gasteiger partial charge in [0.2, 0.25) is 5.95 Å². The third-order valence-corrected chi connectivity index (χ3v) is 3.07. The third-order valence-electron chi connectivity index (χ3n) is 1.42. The van der Waals surface area contributed by atoms with Gasteiger partial charge in [-0.15, -0.1) is 0 Å². The first-order chi connectivity index (χ1) is 6.73. The van der Waals surface area contributed by atoms with E-state index in [0.29, 0.717) is 0 Å².